The molecule has 0 saturated carbocycles. The summed E-state index contributed by atoms with van der Waals surface area (Å²) in [5.41, 5.74) is 1.75. The van der Waals surface area contributed by atoms with E-state index in [2.05, 4.69) is 5.32 Å². The van der Waals surface area contributed by atoms with Gasteiger partial charge in [0.1, 0.15) is 17.2 Å². The van der Waals surface area contributed by atoms with E-state index >= 15 is 0 Å². The normalized spacial score (nSPS) is 13.9. The molecule has 2 amide bonds. The molecule has 2 aromatic carbocycles. The van der Waals surface area contributed by atoms with Gasteiger partial charge in [0.25, 0.3) is 11.8 Å². The number of carbonyl (C=O) groups excluding carboxylic acids is 2. The average molecular weight is 424 g/mol. The molecule has 0 spiro atoms. The first kappa shape index (κ1) is 22.4. The molecular formula is C24H28N2O5. The van der Waals surface area contributed by atoms with Crippen LogP contribution in [-0.2, 0) is 14.3 Å². The van der Waals surface area contributed by atoms with Crippen molar-refractivity contribution in [3.63, 3.8) is 0 Å². The molecule has 1 aliphatic rings. The predicted octanol–water partition coefficient (Wildman–Crippen LogP) is 3.71. The quantitative estimate of drug-likeness (QED) is 0.586. The van der Waals surface area contributed by atoms with E-state index in [0.29, 0.717) is 34.9 Å². The van der Waals surface area contributed by atoms with Crippen LogP contribution in [0.4, 0.5) is 5.69 Å². The van der Waals surface area contributed by atoms with Gasteiger partial charge in [0, 0.05) is 0 Å². The molecule has 0 radical (unpaired) electrons. The second kappa shape index (κ2) is 10.1. The van der Waals surface area contributed by atoms with E-state index in [1.807, 2.05) is 32.9 Å². The summed E-state index contributed by atoms with van der Waals surface area (Å²) in [6.45, 7) is 6.71. The third kappa shape index (κ3) is 5.06. The fourth-order valence-corrected chi connectivity index (χ4v) is 3.31. The van der Waals surface area contributed by atoms with Crippen LogP contribution < -0.4 is 14.8 Å². The van der Waals surface area contributed by atoms with Gasteiger partial charge in [-0.1, -0.05) is 24.3 Å². The number of imide groups is 1. The minimum Gasteiger partial charge on any atom is -0.495 e. The molecule has 0 aromatic heterocycles. The van der Waals surface area contributed by atoms with Gasteiger partial charge in [0.15, 0.2) is 0 Å². The molecule has 1 heterocycles. The Labute approximate surface area is 182 Å². The van der Waals surface area contributed by atoms with Gasteiger partial charge in [0.05, 0.1) is 44.2 Å². The molecule has 0 atom stereocenters. The van der Waals surface area contributed by atoms with Crippen molar-refractivity contribution in [2.24, 2.45) is 0 Å². The molecular weight excluding hydrogens is 396 g/mol. The predicted molar refractivity (Wildman–Crippen MR) is 119 cm³/mol. The summed E-state index contributed by atoms with van der Waals surface area (Å²) >= 11 is 0. The van der Waals surface area contributed by atoms with Crippen LogP contribution >= 0.6 is 0 Å². The third-order valence-electron chi connectivity index (χ3n) is 4.75. The van der Waals surface area contributed by atoms with Crippen molar-refractivity contribution in [3.05, 3.63) is 59.8 Å². The van der Waals surface area contributed by atoms with Gasteiger partial charge in [-0.2, -0.15) is 0 Å². The second-order valence-electron chi connectivity index (χ2n) is 7.21. The Hall–Kier alpha value is -3.32. The van der Waals surface area contributed by atoms with Crippen molar-refractivity contribution in [2.75, 3.05) is 32.2 Å². The average Bonchev–Trinajstić information content (AvgIpc) is 2.99. The minimum atomic E-state index is -0.396. The molecule has 0 unspecified atom stereocenters. The van der Waals surface area contributed by atoms with Gasteiger partial charge in [-0.3, -0.25) is 14.5 Å². The first-order chi connectivity index (χ1) is 15.0. The smallest absolute Gasteiger partial charge is 0.278 e. The minimum absolute atomic E-state index is 0.0116. The van der Waals surface area contributed by atoms with E-state index in [-0.39, 0.29) is 30.9 Å². The number of anilines is 1. The molecule has 3 rings (SSSR count). The topological polar surface area (TPSA) is 77.1 Å². The summed E-state index contributed by atoms with van der Waals surface area (Å²) in [5.74, 6) is 0.513. The van der Waals surface area contributed by atoms with Gasteiger partial charge < -0.3 is 19.5 Å². The number of amides is 2. The fraction of sp³-hybridized carbons (Fsp3) is 0.333. The van der Waals surface area contributed by atoms with E-state index in [1.54, 1.807) is 43.5 Å². The highest BCUT2D eigenvalue weighted by Crippen LogP contribution is 2.33. The maximum Gasteiger partial charge on any atom is 0.278 e. The van der Waals surface area contributed by atoms with Crippen molar-refractivity contribution in [3.8, 4) is 11.5 Å². The Kier molecular flexibility index (Phi) is 7.31. The van der Waals surface area contributed by atoms with Crippen LogP contribution in [0.15, 0.2) is 54.2 Å². The van der Waals surface area contributed by atoms with Crippen LogP contribution in [0.1, 0.15) is 26.3 Å². The maximum atomic E-state index is 13.2. The Morgan fingerprint density at radius 3 is 2.35 bits per heavy atom. The van der Waals surface area contributed by atoms with Crippen molar-refractivity contribution >= 4 is 23.1 Å². The van der Waals surface area contributed by atoms with E-state index < -0.39 is 5.91 Å². The van der Waals surface area contributed by atoms with E-state index in [4.69, 9.17) is 14.2 Å². The van der Waals surface area contributed by atoms with Crippen LogP contribution in [-0.4, -0.2) is 49.7 Å². The van der Waals surface area contributed by atoms with Crippen LogP contribution in [0.2, 0.25) is 0 Å². The first-order valence-electron chi connectivity index (χ1n) is 10.3. The number of para-hydroxylation sites is 2. The summed E-state index contributed by atoms with van der Waals surface area (Å²) in [7, 11) is 1.56. The summed E-state index contributed by atoms with van der Waals surface area (Å²) in [5, 5.41) is 3.13. The number of rotatable bonds is 10. The summed E-state index contributed by atoms with van der Waals surface area (Å²) in [6.07, 6.45) is 0.0116. The van der Waals surface area contributed by atoms with Gasteiger partial charge >= 0.3 is 0 Å². The fourth-order valence-electron chi connectivity index (χ4n) is 3.31. The lowest BCUT2D eigenvalue weighted by Crippen LogP contribution is -2.35. The van der Waals surface area contributed by atoms with Crippen LogP contribution in [0.3, 0.4) is 0 Å². The standard InChI is InChI=1S/C24H28N2O5/c1-5-30-18-12-10-17(11-13-18)21-22(25-19-8-6-7-9-20(19)29-4)24(28)26(23(21)27)14-15-31-16(2)3/h6-13,16,25H,5,14-15H2,1-4H3. The second-order valence-corrected chi connectivity index (χ2v) is 7.21. The van der Waals surface area contributed by atoms with E-state index in [0.717, 1.165) is 0 Å². The number of nitrogens with one attached hydrogen (secondary N) is 1. The Bertz CT molecular complexity index is 966. The molecule has 7 heteroatoms. The number of hydrogen-bond donors (Lipinski definition) is 1. The summed E-state index contributed by atoms with van der Waals surface area (Å²) in [6, 6.07) is 14.4. The van der Waals surface area contributed by atoms with Gasteiger partial charge in [-0.25, -0.2) is 0 Å². The largest absolute Gasteiger partial charge is 0.495 e. The molecule has 0 fully saturated rings. The van der Waals surface area contributed by atoms with Crippen molar-refractivity contribution < 1.29 is 23.8 Å². The number of benzene rings is 2. The Balaban J connectivity index is 1.97. The van der Waals surface area contributed by atoms with Crippen molar-refractivity contribution in [2.45, 2.75) is 26.9 Å². The van der Waals surface area contributed by atoms with Crippen molar-refractivity contribution in [1.29, 1.82) is 0 Å². The van der Waals surface area contributed by atoms with Crippen LogP contribution in [0.5, 0.6) is 11.5 Å². The number of ether oxygens (including phenoxy) is 3. The molecule has 0 aliphatic carbocycles. The number of nitrogens with zero attached hydrogens (tertiary/aromatic N) is 1. The third-order valence-corrected chi connectivity index (χ3v) is 4.75. The molecule has 7 nitrogen and oxygen atoms in total. The molecule has 0 saturated heterocycles. The zero-order valence-corrected chi connectivity index (χ0v) is 18.3. The highest BCUT2D eigenvalue weighted by molar-refractivity contribution is 6.36. The highest BCUT2D eigenvalue weighted by Gasteiger charge is 2.39. The zero-order valence-electron chi connectivity index (χ0n) is 18.3. The Morgan fingerprint density at radius 1 is 1.00 bits per heavy atom. The zero-order chi connectivity index (χ0) is 22.4. The van der Waals surface area contributed by atoms with Crippen LogP contribution in [0, 0.1) is 0 Å². The number of hydrogen-bond acceptors (Lipinski definition) is 6. The molecule has 1 N–H and O–H groups in total. The molecule has 1 aliphatic heterocycles. The first-order valence-corrected chi connectivity index (χ1v) is 10.3. The Morgan fingerprint density at radius 2 is 1.71 bits per heavy atom. The summed E-state index contributed by atoms with van der Waals surface area (Å²) < 4.78 is 16.4. The highest BCUT2D eigenvalue weighted by atomic mass is 16.5. The lowest BCUT2D eigenvalue weighted by atomic mass is 10.0. The lowest BCUT2D eigenvalue weighted by molar-refractivity contribution is -0.137. The maximum absolute atomic E-state index is 13.2. The van der Waals surface area contributed by atoms with Crippen molar-refractivity contribution in [1.82, 2.24) is 4.90 Å². The van der Waals surface area contributed by atoms with E-state index in [1.165, 1.54) is 4.90 Å². The molecule has 0 bridgehead atoms. The number of methoxy groups -OCH3 is 1. The molecule has 164 valence electrons. The number of carbonyl (C=O) groups is 2. The van der Waals surface area contributed by atoms with Gasteiger partial charge in [0.2, 0.25) is 0 Å². The summed E-state index contributed by atoms with van der Waals surface area (Å²) in [4.78, 5) is 27.7. The van der Waals surface area contributed by atoms with Gasteiger partial charge in [-0.05, 0) is 50.6 Å². The molecule has 31 heavy (non-hydrogen) atoms. The SMILES string of the molecule is CCOc1ccc(C2=C(Nc3ccccc3OC)C(=O)N(CCOC(C)C)C2=O)cc1. The van der Waals surface area contributed by atoms with Crippen LogP contribution in [0.25, 0.3) is 5.57 Å². The monoisotopic (exact) mass is 424 g/mol. The lowest BCUT2D eigenvalue weighted by Gasteiger charge is -2.16. The molecule has 2 aromatic rings. The van der Waals surface area contributed by atoms with Gasteiger partial charge in [-0.15, -0.1) is 0 Å². The van der Waals surface area contributed by atoms with E-state index in [9.17, 15) is 9.59 Å².